The van der Waals surface area contributed by atoms with Gasteiger partial charge in [0.2, 0.25) is 0 Å². The second-order valence-electron chi connectivity index (χ2n) is 3.04. The van der Waals surface area contributed by atoms with Crippen LogP contribution in [0.25, 0.3) is 0 Å². The van der Waals surface area contributed by atoms with E-state index >= 15 is 0 Å². The van der Waals surface area contributed by atoms with E-state index in [-0.39, 0.29) is 5.41 Å². The van der Waals surface area contributed by atoms with Crippen molar-refractivity contribution < 1.29 is 4.79 Å². The van der Waals surface area contributed by atoms with Crippen LogP contribution in [0.5, 0.6) is 0 Å². The van der Waals surface area contributed by atoms with Gasteiger partial charge >= 0.3 is 0 Å². The molecule has 0 unspecified atom stereocenters. The van der Waals surface area contributed by atoms with Crippen LogP contribution in [-0.4, -0.2) is 5.78 Å². The number of carbonyl (C=O) groups is 1. The largest absolute Gasteiger partial charge is 0.299 e. The van der Waals surface area contributed by atoms with Gasteiger partial charge in [0.05, 0.1) is 0 Å². The Morgan fingerprint density at radius 3 is 1.70 bits per heavy atom. The third-order valence-electron chi connectivity index (χ3n) is 2.55. The predicted octanol–water partition coefficient (Wildman–Crippen LogP) is 2.79. The Morgan fingerprint density at radius 2 is 1.60 bits per heavy atom. The van der Waals surface area contributed by atoms with Crippen molar-refractivity contribution in [1.29, 1.82) is 0 Å². The average molecular weight is 142 g/mol. The van der Waals surface area contributed by atoms with Crippen molar-refractivity contribution >= 4 is 5.78 Å². The normalized spacial score (nSPS) is 11.6. The molecule has 10 heavy (non-hydrogen) atoms. The van der Waals surface area contributed by atoms with Crippen LogP contribution in [0.1, 0.15) is 47.0 Å². The Labute approximate surface area is 63.8 Å². The Bertz CT molecular complexity index is 112. The number of hydrogen-bond donors (Lipinski definition) is 0. The minimum Gasteiger partial charge on any atom is -0.299 e. The van der Waals surface area contributed by atoms with Gasteiger partial charge in [0.1, 0.15) is 5.78 Å². The Kier molecular flexibility index (Phi) is 3.62. The molecule has 0 spiro atoms. The van der Waals surface area contributed by atoms with Gasteiger partial charge in [-0.25, -0.2) is 0 Å². The molecular weight excluding hydrogens is 124 g/mol. The minimum atomic E-state index is -0.0469. The highest BCUT2D eigenvalue weighted by molar-refractivity contribution is 5.83. The number of carbonyl (C=O) groups excluding carboxylic acids is 1. The van der Waals surface area contributed by atoms with E-state index in [1.165, 1.54) is 0 Å². The van der Waals surface area contributed by atoms with E-state index in [1.807, 2.05) is 6.92 Å². The molecule has 0 aliphatic carbocycles. The second-order valence-corrected chi connectivity index (χ2v) is 3.04. The molecule has 0 amide bonds. The molecule has 0 N–H and O–H groups in total. The lowest BCUT2D eigenvalue weighted by molar-refractivity contribution is -0.127. The van der Waals surface area contributed by atoms with Crippen molar-refractivity contribution in [3.8, 4) is 0 Å². The maximum atomic E-state index is 11.3. The van der Waals surface area contributed by atoms with Crippen molar-refractivity contribution in [3.63, 3.8) is 0 Å². The number of hydrogen-bond acceptors (Lipinski definition) is 1. The van der Waals surface area contributed by atoms with E-state index in [9.17, 15) is 4.79 Å². The van der Waals surface area contributed by atoms with E-state index in [0.29, 0.717) is 12.2 Å². The summed E-state index contributed by atoms with van der Waals surface area (Å²) in [5, 5.41) is 0. The molecule has 1 heteroatoms. The summed E-state index contributed by atoms with van der Waals surface area (Å²) in [6.45, 7) is 8.15. The van der Waals surface area contributed by atoms with E-state index < -0.39 is 0 Å². The summed E-state index contributed by atoms with van der Waals surface area (Å²) >= 11 is 0. The molecule has 60 valence electrons. The van der Waals surface area contributed by atoms with Crippen molar-refractivity contribution in [2.45, 2.75) is 47.0 Å². The summed E-state index contributed by atoms with van der Waals surface area (Å²) in [6.07, 6.45) is 2.62. The Balaban J connectivity index is 4.17. The molecule has 0 aromatic heterocycles. The Morgan fingerprint density at radius 1 is 1.20 bits per heavy atom. The van der Waals surface area contributed by atoms with Crippen LogP contribution in [0.3, 0.4) is 0 Å². The SMILES string of the molecule is CCC(=O)C(C)(CC)CC. The zero-order valence-electron chi connectivity index (χ0n) is 7.53. The maximum Gasteiger partial charge on any atom is 0.138 e. The first-order chi connectivity index (χ1) is 4.60. The number of rotatable bonds is 4. The third kappa shape index (κ3) is 1.83. The van der Waals surface area contributed by atoms with Gasteiger partial charge in [0.25, 0.3) is 0 Å². The highest BCUT2D eigenvalue weighted by Crippen LogP contribution is 2.27. The molecule has 0 aromatic carbocycles. The molecule has 0 saturated heterocycles. The van der Waals surface area contributed by atoms with Crippen LogP contribution in [0.2, 0.25) is 0 Å². The zero-order valence-corrected chi connectivity index (χ0v) is 7.53. The fourth-order valence-corrected chi connectivity index (χ4v) is 1.07. The highest BCUT2D eigenvalue weighted by Gasteiger charge is 2.26. The quantitative estimate of drug-likeness (QED) is 0.590. The predicted molar refractivity (Wildman–Crippen MR) is 44.0 cm³/mol. The summed E-state index contributed by atoms with van der Waals surface area (Å²) in [6, 6.07) is 0. The van der Waals surface area contributed by atoms with Gasteiger partial charge in [0.15, 0.2) is 0 Å². The van der Waals surface area contributed by atoms with Crippen LogP contribution in [0.15, 0.2) is 0 Å². The average Bonchev–Trinajstić information content (AvgIpc) is 2.01. The van der Waals surface area contributed by atoms with Gasteiger partial charge in [0, 0.05) is 11.8 Å². The van der Waals surface area contributed by atoms with Crippen LogP contribution in [0, 0.1) is 5.41 Å². The Hall–Kier alpha value is -0.330. The monoisotopic (exact) mass is 142 g/mol. The molecule has 0 heterocycles. The molecule has 0 atom stereocenters. The molecule has 0 aromatic rings. The molecule has 0 aliphatic heterocycles. The van der Waals surface area contributed by atoms with Crippen LogP contribution in [-0.2, 0) is 4.79 Å². The second kappa shape index (κ2) is 3.75. The van der Waals surface area contributed by atoms with Gasteiger partial charge in [-0.15, -0.1) is 0 Å². The molecule has 1 nitrogen and oxygen atoms in total. The molecule has 0 saturated carbocycles. The number of ketones is 1. The number of Topliss-reactive ketones (excluding diaryl/α,β-unsaturated/α-hetero) is 1. The van der Waals surface area contributed by atoms with Gasteiger partial charge in [-0.2, -0.15) is 0 Å². The fourth-order valence-electron chi connectivity index (χ4n) is 1.07. The summed E-state index contributed by atoms with van der Waals surface area (Å²) in [5.41, 5.74) is -0.0469. The van der Waals surface area contributed by atoms with E-state index in [0.717, 1.165) is 12.8 Å². The third-order valence-corrected chi connectivity index (χ3v) is 2.55. The smallest absolute Gasteiger partial charge is 0.138 e. The minimum absolute atomic E-state index is 0.0469. The van der Waals surface area contributed by atoms with E-state index in [2.05, 4.69) is 20.8 Å². The standard InChI is InChI=1S/C9H18O/c1-5-8(10)9(4,6-2)7-3/h5-7H2,1-4H3. The first-order valence-electron chi connectivity index (χ1n) is 4.14. The lowest BCUT2D eigenvalue weighted by atomic mass is 9.79. The molecular formula is C9H18O. The van der Waals surface area contributed by atoms with Crippen molar-refractivity contribution in [3.05, 3.63) is 0 Å². The molecule has 0 bridgehead atoms. The van der Waals surface area contributed by atoms with E-state index in [4.69, 9.17) is 0 Å². The van der Waals surface area contributed by atoms with E-state index in [1.54, 1.807) is 0 Å². The zero-order chi connectivity index (χ0) is 8.20. The summed E-state index contributed by atoms with van der Waals surface area (Å²) in [7, 11) is 0. The van der Waals surface area contributed by atoms with Crippen LogP contribution >= 0.6 is 0 Å². The van der Waals surface area contributed by atoms with Gasteiger partial charge < -0.3 is 0 Å². The molecule has 0 rings (SSSR count). The van der Waals surface area contributed by atoms with Gasteiger partial charge in [-0.1, -0.05) is 27.7 Å². The summed E-state index contributed by atoms with van der Waals surface area (Å²) in [4.78, 5) is 11.3. The van der Waals surface area contributed by atoms with Crippen LogP contribution in [0.4, 0.5) is 0 Å². The van der Waals surface area contributed by atoms with Gasteiger partial charge in [-0.3, -0.25) is 4.79 Å². The summed E-state index contributed by atoms with van der Waals surface area (Å²) in [5.74, 6) is 0.400. The molecule has 0 fully saturated rings. The lowest BCUT2D eigenvalue weighted by Crippen LogP contribution is -2.25. The van der Waals surface area contributed by atoms with Gasteiger partial charge in [-0.05, 0) is 12.8 Å². The van der Waals surface area contributed by atoms with Crippen molar-refractivity contribution in [2.75, 3.05) is 0 Å². The highest BCUT2D eigenvalue weighted by atomic mass is 16.1. The van der Waals surface area contributed by atoms with Crippen molar-refractivity contribution in [1.82, 2.24) is 0 Å². The van der Waals surface area contributed by atoms with Crippen LogP contribution < -0.4 is 0 Å². The van der Waals surface area contributed by atoms with Crippen molar-refractivity contribution in [2.24, 2.45) is 5.41 Å². The topological polar surface area (TPSA) is 17.1 Å². The maximum absolute atomic E-state index is 11.3. The lowest BCUT2D eigenvalue weighted by Gasteiger charge is -2.23. The molecule has 0 radical (unpaired) electrons. The first-order valence-corrected chi connectivity index (χ1v) is 4.14. The fraction of sp³-hybridized carbons (Fsp3) is 0.889. The molecule has 0 aliphatic rings. The summed E-state index contributed by atoms with van der Waals surface area (Å²) < 4.78 is 0. The first kappa shape index (κ1) is 9.67.